The van der Waals surface area contributed by atoms with Crippen molar-refractivity contribution in [3.8, 4) is 22.6 Å². The van der Waals surface area contributed by atoms with Gasteiger partial charge in [0.25, 0.3) is 5.91 Å². The first-order chi connectivity index (χ1) is 16.8. The largest absolute Gasteiger partial charge is 0.345 e. The number of hydrogen-bond donors (Lipinski definition) is 3. The van der Waals surface area contributed by atoms with Gasteiger partial charge in [-0.05, 0) is 18.2 Å². The Morgan fingerprint density at radius 1 is 1.03 bits per heavy atom. The molecule has 5 aromatic rings. The molecule has 0 aliphatic heterocycles. The van der Waals surface area contributed by atoms with E-state index in [9.17, 15) is 9.59 Å². The topological polar surface area (TPSA) is 145 Å². The maximum Gasteiger partial charge on any atom is 0.255 e. The lowest BCUT2D eigenvalue weighted by Gasteiger charge is -2.09. The van der Waals surface area contributed by atoms with E-state index in [4.69, 9.17) is 0 Å². The zero-order valence-electron chi connectivity index (χ0n) is 19.6. The summed E-state index contributed by atoms with van der Waals surface area (Å²) in [6.07, 6.45) is 6.57. The first kappa shape index (κ1) is 22.1. The molecule has 2 amide bonds. The molecule has 0 spiro atoms. The van der Waals surface area contributed by atoms with Crippen molar-refractivity contribution in [1.82, 2.24) is 40.0 Å². The summed E-state index contributed by atoms with van der Waals surface area (Å²) < 4.78 is 0. The van der Waals surface area contributed by atoms with Gasteiger partial charge in [-0.25, -0.2) is 15.0 Å². The highest BCUT2D eigenvalue weighted by molar-refractivity contribution is 6.04. The molecule has 5 rings (SSSR count). The molecular weight excluding hydrogens is 446 g/mol. The van der Waals surface area contributed by atoms with Crippen molar-refractivity contribution in [2.45, 2.75) is 13.8 Å². The molecule has 176 valence electrons. The Labute approximate surface area is 200 Å². The van der Waals surface area contributed by atoms with E-state index in [0.29, 0.717) is 39.6 Å². The van der Waals surface area contributed by atoms with Crippen molar-refractivity contribution in [2.24, 2.45) is 5.92 Å². The van der Waals surface area contributed by atoms with Crippen LogP contribution in [-0.4, -0.2) is 65.9 Å². The van der Waals surface area contributed by atoms with Crippen LogP contribution in [0.5, 0.6) is 0 Å². The third-order valence-electron chi connectivity index (χ3n) is 5.54. The first-order valence-corrected chi connectivity index (χ1v) is 11.0. The monoisotopic (exact) mass is 469 g/mol. The number of aromatic amines is 2. The average Bonchev–Trinajstić information content (AvgIpc) is 3.47. The lowest BCUT2D eigenvalue weighted by Crippen LogP contribution is -2.22. The Morgan fingerprint density at radius 3 is 2.60 bits per heavy atom. The highest BCUT2D eigenvalue weighted by Crippen LogP contribution is 2.30. The normalized spacial score (nSPS) is 11.3. The number of rotatable bonds is 5. The number of pyridine rings is 3. The molecule has 0 aromatic carbocycles. The standard InChI is InChI=1S/C24H23N9O2/c1-12(2)23(34)28-15-7-13(9-25-11-15)14-8-17-19(31-32-20(17)27-10-14)22-29-18-16(24(35)33(3)4)5-6-26-21(18)30-22/h5-12H,1-4H3,(H,28,34)(H,26,29,30)(H,27,31,32). The lowest BCUT2D eigenvalue weighted by atomic mass is 10.1. The second-order valence-corrected chi connectivity index (χ2v) is 8.64. The molecule has 3 N–H and O–H groups in total. The Kier molecular flexibility index (Phi) is 5.44. The Balaban J connectivity index is 1.56. The van der Waals surface area contributed by atoms with E-state index in [0.717, 1.165) is 16.5 Å². The molecule has 5 aromatic heterocycles. The Morgan fingerprint density at radius 2 is 1.83 bits per heavy atom. The van der Waals surface area contributed by atoms with Crippen molar-refractivity contribution in [3.05, 3.63) is 48.5 Å². The number of hydrogen-bond acceptors (Lipinski definition) is 7. The SMILES string of the molecule is CC(C)C(=O)Nc1cncc(-c2cnc3n[nH]c(-c4nc5nccc(C(=O)N(C)C)c5[nH]4)c3c2)c1. The fraction of sp³-hybridized carbons (Fsp3) is 0.208. The number of anilines is 1. The van der Waals surface area contributed by atoms with Crippen molar-refractivity contribution in [1.29, 1.82) is 0 Å². The number of H-pyrrole nitrogens is 2. The van der Waals surface area contributed by atoms with Crippen LogP contribution in [-0.2, 0) is 4.79 Å². The average molecular weight is 470 g/mol. The summed E-state index contributed by atoms with van der Waals surface area (Å²) in [7, 11) is 3.39. The molecule has 0 saturated carbocycles. The number of carbonyl (C=O) groups is 2. The maximum absolute atomic E-state index is 12.6. The van der Waals surface area contributed by atoms with E-state index < -0.39 is 0 Å². The number of carbonyl (C=O) groups excluding carboxylic acids is 2. The summed E-state index contributed by atoms with van der Waals surface area (Å²) in [5, 5.41) is 10.9. The molecule has 0 fully saturated rings. The number of aromatic nitrogens is 7. The van der Waals surface area contributed by atoms with Crippen LogP contribution in [0.15, 0.2) is 43.0 Å². The minimum atomic E-state index is -0.150. The molecule has 35 heavy (non-hydrogen) atoms. The molecule has 5 heterocycles. The molecule has 0 aliphatic carbocycles. The second-order valence-electron chi connectivity index (χ2n) is 8.64. The van der Waals surface area contributed by atoms with Crippen LogP contribution < -0.4 is 5.32 Å². The van der Waals surface area contributed by atoms with Gasteiger partial charge in [-0.15, -0.1) is 0 Å². The first-order valence-electron chi connectivity index (χ1n) is 11.0. The van der Waals surface area contributed by atoms with Crippen LogP contribution in [0.2, 0.25) is 0 Å². The van der Waals surface area contributed by atoms with E-state index in [1.165, 1.54) is 4.90 Å². The minimum Gasteiger partial charge on any atom is -0.345 e. The summed E-state index contributed by atoms with van der Waals surface area (Å²) in [5.41, 5.74) is 4.78. The van der Waals surface area contributed by atoms with Crippen LogP contribution in [0.3, 0.4) is 0 Å². The summed E-state index contributed by atoms with van der Waals surface area (Å²) in [6.45, 7) is 3.66. The lowest BCUT2D eigenvalue weighted by molar-refractivity contribution is -0.118. The molecule has 0 saturated heterocycles. The van der Waals surface area contributed by atoms with Gasteiger partial charge in [0.05, 0.1) is 28.4 Å². The zero-order chi connectivity index (χ0) is 24.7. The van der Waals surface area contributed by atoms with Gasteiger partial charge in [-0.1, -0.05) is 13.8 Å². The van der Waals surface area contributed by atoms with Gasteiger partial charge in [0.1, 0.15) is 5.69 Å². The Bertz CT molecular complexity index is 1580. The molecule has 0 radical (unpaired) electrons. The third-order valence-corrected chi connectivity index (χ3v) is 5.54. The van der Waals surface area contributed by atoms with Crippen molar-refractivity contribution >= 4 is 39.7 Å². The summed E-state index contributed by atoms with van der Waals surface area (Å²) in [5.74, 6) is 0.115. The number of nitrogens with zero attached hydrogens (tertiary/aromatic N) is 6. The van der Waals surface area contributed by atoms with Crippen LogP contribution in [0.1, 0.15) is 24.2 Å². The molecule has 0 aliphatic rings. The highest BCUT2D eigenvalue weighted by Gasteiger charge is 2.19. The fourth-order valence-corrected chi connectivity index (χ4v) is 3.64. The molecule has 0 bridgehead atoms. The van der Waals surface area contributed by atoms with Crippen LogP contribution in [0.25, 0.3) is 44.8 Å². The predicted molar refractivity (Wildman–Crippen MR) is 131 cm³/mol. The van der Waals surface area contributed by atoms with E-state index in [1.54, 1.807) is 44.9 Å². The van der Waals surface area contributed by atoms with Gasteiger partial charge >= 0.3 is 0 Å². The minimum absolute atomic E-state index is 0.0831. The highest BCUT2D eigenvalue weighted by atomic mass is 16.2. The fourth-order valence-electron chi connectivity index (χ4n) is 3.64. The number of fused-ring (bicyclic) bond motifs is 2. The van der Waals surface area contributed by atoms with Gasteiger partial charge in [0.2, 0.25) is 5.91 Å². The predicted octanol–water partition coefficient (Wildman–Crippen LogP) is 3.25. The van der Waals surface area contributed by atoms with Gasteiger partial charge in [0, 0.05) is 49.7 Å². The summed E-state index contributed by atoms with van der Waals surface area (Å²) in [6, 6.07) is 5.44. The quantitative estimate of drug-likeness (QED) is 0.358. The molecular formula is C24H23N9O2. The molecule has 11 nitrogen and oxygen atoms in total. The molecule has 0 unspecified atom stereocenters. The Hall–Kier alpha value is -4.67. The van der Waals surface area contributed by atoms with E-state index in [2.05, 4.69) is 40.4 Å². The second kappa shape index (κ2) is 8.60. The molecule has 11 heteroatoms. The van der Waals surface area contributed by atoms with E-state index >= 15 is 0 Å². The smallest absolute Gasteiger partial charge is 0.255 e. The van der Waals surface area contributed by atoms with Crippen molar-refractivity contribution in [3.63, 3.8) is 0 Å². The van der Waals surface area contributed by atoms with E-state index in [1.807, 2.05) is 26.0 Å². The van der Waals surface area contributed by atoms with Crippen molar-refractivity contribution in [2.75, 3.05) is 19.4 Å². The number of imidazole rings is 1. The molecule has 0 atom stereocenters. The van der Waals surface area contributed by atoms with Crippen LogP contribution in [0, 0.1) is 5.92 Å². The zero-order valence-corrected chi connectivity index (χ0v) is 19.6. The van der Waals surface area contributed by atoms with Crippen LogP contribution in [0.4, 0.5) is 5.69 Å². The van der Waals surface area contributed by atoms with E-state index in [-0.39, 0.29) is 17.7 Å². The number of nitrogens with one attached hydrogen (secondary N) is 3. The van der Waals surface area contributed by atoms with Gasteiger partial charge in [-0.2, -0.15) is 5.10 Å². The summed E-state index contributed by atoms with van der Waals surface area (Å²) in [4.78, 5) is 47.0. The maximum atomic E-state index is 12.6. The van der Waals surface area contributed by atoms with Crippen LogP contribution >= 0.6 is 0 Å². The van der Waals surface area contributed by atoms with Gasteiger partial charge in [-0.3, -0.25) is 19.7 Å². The van der Waals surface area contributed by atoms with Gasteiger partial charge in [0.15, 0.2) is 17.1 Å². The van der Waals surface area contributed by atoms with Gasteiger partial charge < -0.3 is 15.2 Å². The van der Waals surface area contributed by atoms with Crippen molar-refractivity contribution < 1.29 is 9.59 Å². The number of amides is 2. The summed E-state index contributed by atoms with van der Waals surface area (Å²) >= 11 is 0. The third kappa shape index (κ3) is 4.07.